The van der Waals surface area contributed by atoms with E-state index < -0.39 is 0 Å². The third kappa shape index (κ3) is 4.09. The number of aromatic nitrogens is 2. The Morgan fingerprint density at radius 1 is 1.29 bits per heavy atom. The summed E-state index contributed by atoms with van der Waals surface area (Å²) in [6.07, 6.45) is 2.15. The van der Waals surface area contributed by atoms with Crippen molar-refractivity contribution in [2.24, 2.45) is 5.73 Å². The maximum absolute atomic E-state index is 5.93. The first-order valence-corrected chi connectivity index (χ1v) is 6.29. The molecular weight excluding hydrogens is 218 g/mol. The molecule has 0 aliphatic carbocycles. The van der Waals surface area contributed by atoms with E-state index in [2.05, 4.69) is 24.0 Å². The van der Waals surface area contributed by atoms with Gasteiger partial charge in [0.25, 0.3) is 0 Å². The number of hydrogen-bond donors (Lipinski definition) is 1. The average molecular weight is 241 g/mol. The van der Waals surface area contributed by atoms with E-state index in [0.29, 0.717) is 24.2 Å². The van der Waals surface area contributed by atoms with Gasteiger partial charge < -0.3 is 15.0 Å². The highest BCUT2D eigenvalue weighted by atomic mass is 16.5. The molecule has 0 spiro atoms. The van der Waals surface area contributed by atoms with Crippen molar-refractivity contribution in [2.75, 3.05) is 6.61 Å². The van der Waals surface area contributed by atoms with Gasteiger partial charge in [-0.15, -0.1) is 0 Å². The fourth-order valence-electron chi connectivity index (χ4n) is 1.57. The molecule has 1 aromatic rings. The quantitative estimate of drug-likeness (QED) is 0.793. The van der Waals surface area contributed by atoms with Crippen LogP contribution in [0.25, 0.3) is 0 Å². The van der Waals surface area contributed by atoms with E-state index in [9.17, 15) is 0 Å². The SMILES string of the molecule is CCC(CC)c1nc(C(N)COC(C)C)no1. The van der Waals surface area contributed by atoms with Gasteiger partial charge in [-0.3, -0.25) is 0 Å². The molecule has 1 unspecified atom stereocenters. The minimum atomic E-state index is -0.315. The van der Waals surface area contributed by atoms with Gasteiger partial charge in [-0.25, -0.2) is 0 Å². The fraction of sp³-hybridized carbons (Fsp3) is 0.833. The predicted octanol–water partition coefficient (Wildman–Crippen LogP) is 2.40. The van der Waals surface area contributed by atoms with Crippen LogP contribution in [0.15, 0.2) is 4.52 Å². The minimum absolute atomic E-state index is 0.159. The number of nitrogens with two attached hydrogens (primary N) is 1. The first kappa shape index (κ1) is 14.1. The lowest BCUT2D eigenvalue weighted by Crippen LogP contribution is -2.20. The minimum Gasteiger partial charge on any atom is -0.377 e. The first-order chi connectivity index (χ1) is 8.08. The highest BCUT2D eigenvalue weighted by molar-refractivity contribution is 4.97. The van der Waals surface area contributed by atoms with Crippen LogP contribution in [0.3, 0.4) is 0 Å². The van der Waals surface area contributed by atoms with Gasteiger partial charge in [0.05, 0.1) is 18.8 Å². The van der Waals surface area contributed by atoms with E-state index in [1.165, 1.54) is 0 Å². The van der Waals surface area contributed by atoms with Gasteiger partial charge in [0.15, 0.2) is 5.82 Å². The van der Waals surface area contributed by atoms with Crippen molar-refractivity contribution < 1.29 is 9.26 Å². The van der Waals surface area contributed by atoms with Crippen LogP contribution < -0.4 is 5.73 Å². The summed E-state index contributed by atoms with van der Waals surface area (Å²) in [5.74, 6) is 1.55. The summed E-state index contributed by atoms with van der Waals surface area (Å²) in [5, 5.41) is 3.92. The molecule has 2 N–H and O–H groups in total. The van der Waals surface area contributed by atoms with Crippen LogP contribution in [0.1, 0.15) is 64.2 Å². The standard InChI is InChI=1S/C12H23N3O2/c1-5-9(6-2)12-14-11(15-17-12)10(13)7-16-8(3)4/h8-10H,5-7,13H2,1-4H3. The average Bonchev–Trinajstić information content (AvgIpc) is 2.77. The second-order valence-corrected chi connectivity index (χ2v) is 4.49. The molecule has 5 heteroatoms. The topological polar surface area (TPSA) is 74.2 Å². The zero-order chi connectivity index (χ0) is 12.8. The van der Waals surface area contributed by atoms with Gasteiger partial charge in [0.1, 0.15) is 0 Å². The molecule has 1 atom stereocenters. The third-order valence-electron chi connectivity index (χ3n) is 2.73. The van der Waals surface area contributed by atoms with E-state index in [1.54, 1.807) is 0 Å². The Balaban J connectivity index is 2.60. The van der Waals surface area contributed by atoms with Crippen LogP contribution in [-0.2, 0) is 4.74 Å². The van der Waals surface area contributed by atoms with Gasteiger partial charge in [-0.1, -0.05) is 19.0 Å². The van der Waals surface area contributed by atoms with Crippen LogP contribution in [0.4, 0.5) is 0 Å². The van der Waals surface area contributed by atoms with Crippen LogP contribution >= 0.6 is 0 Å². The zero-order valence-electron chi connectivity index (χ0n) is 11.1. The van der Waals surface area contributed by atoms with Crippen molar-refractivity contribution in [1.29, 1.82) is 0 Å². The summed E-state index contributed by atoms with van der Waals surface area (Å²) < 4.78 is 10.7. The predicted molar refractivity (Wildman–Crippen MR) is 65.6 cm³/mol. The molecule has 0 aromatic carbocycles. The normalized spacial score (nSPS) is 13.6. The molecule has 1 aromatic heterocycles. The fourth-order valence-corrected chi connectivity index (χ4v) is 1.57. The summed E-state index contributed by atoms with van der Waals surface area (Å²) in [6.45, 7) is 8.58. The molecular formula is C12H23N3O2. The van der Waals surface area contributed by atoms with Gasteiger partial charge in [0, 0.05) is 5.92 Å². The van der Waals surface area contributed by atoms with Crippen molar-refractivity contribution >= 4 is 0 Å². The van der Waals surface area contributed by atoms with Crippen molar-refractivity contribution in [2.45, 2.75) is 58.6 Å². The van der Waals surface area contributed by atoms with Crippen LogP contribution in [0, 0.1) is 0 Å². The second-order valence-electron chi connectivity index (χ2n) is 4.49. The van der Waals surface area contributed by atoms with E-state index in [1.807, 2.05) is 13.8 Å². The summed E-state index contributed by atoms with van der Waals surface area (Å²) >= 11 is 0. The smallest absolute Gasteiger partial charge is 0.229 e. The maximum atomic E-state index is 5.93. The molecule has 1 rings (SSSR count). The Kier molecular flexibility index (Phi) is 5.58. The molecule has 0 saturated carbocycles. The van der Waals surface area contributed by atoms with Gasteiger partial charge in [-0.05, 0) is 26.7 Å². The molecule has 0 aliphatic rings. The van der Waals surface area contributed by atoms with Gasteiger partial charge >= 0.3 is 0 Å². The number of hydrogen-bond acceptors (Lipinski definition) is 5. The van der Waals surface area contributed by atoms with Crippen molar-refractivity contribution in [3.63, 3.8) is 0 Å². The van der Waals surface area contributed by atoms with Crippen LogP contribution in [0.2, 0.25) is 0 Å². The molecule has 0 aliphatic heterocycles. The maximum Gasteiger partial charge on any atom is 0.229 e. The third-order valence-corrected chi connectivity index (χ3v) is 2.73. The zero-order valence-corrected chi connectivity index (χ0v) is 11.1. The van der Waals surface area contributed by atoms with E-state index in [0.717, 1.165) is 12.8 Å². The lowest BCUT2D eigenvalue weighted by atomic mass is 10.0. The molecule has 98 valence electrons. The van der Waals surface area contributed by atoms with Gasteiger partial charge in [0.2, 0.25) is 5.89 Å². The van der Waals surface area contributed by atoms with Crippen molar-refractivity contribution in [3.05, 3.63) is 11.7 Å². The molecule has 17 heavy (non-hydrogen) atoms. The summed E-state index contributed by atoms with van der Waals surface area (Å²) in [5.41, 5.74) is 5.93. The van der Waals surface area contributed by atoms with Crippen molar-refractivity contribution in [3.8, 4) is 0 Å². The second kappa shape index (κ2) is 6.71. The molecule has 0 saturated heterocycles. The summed E-state index contributed by atoms with van der Waals surface area (Å²) in [4.78, 5) is 4.35. The van der Waals surface area contributed by atoms with E-state index >= 15 is 0 Å². The number of nitrogens with zero attached hydrogens (tertiary/aromatic N) is 2. The summed E-state index contributed by atoms with van der Waals surface area (Å²) in [6, 6.07) is -0.315. The molecule has 1 heterocycles. The Hall–Kier alpha value is -0.940. The molecule has 0 amide bonds. The van der Waals surface area contributed by atoms with Gasteiger partial charge in [-0.2, -0.15) is 4.98 Å². The Morgan fingerprint density at radius 3 is 2.47 bits per heavy atom. The lowest BCUT2D eigenvalue weighted by Gasteiger charge is -2.10. The van der Waals surface area contributed by atoms with E-state index in [4.69, 9.17) is 15.0 Å². The van der Waals surface area contributed by atoms with Crippen LogP contribution in [0.5, 0.6) is 0 Å². The highest BCUT2D eigenvalue weighted by Crippen LogP contribution is 2.22. The first-order valence-electron chi connectivity index (χ1n) is 6.29. The number of ether oxygens (including phenoxy) is 1. The Morgan fingerprint density at radius 2 is 1.94 bits per heavy atom. The Labute approximate surface area is 103 Å². The van der Waals surface area contributed by atoms with Crippen molar-refractivity contribution in [1.82, 2.24) is 10.1 Å². The molecule has 0 bridgehead atoms. The highest BCUT2D eigenvalue weighted by Gasteiger charge is 2.19. The molecule has 5 nitrogen and oxygen atoms in total. The number of rotatable bonds is 7. The lowest BCUT2D eigenvalue weighted by molar-refractivity contribution is 0.0665. The monoisotopic (exact) mass is 241 g/mol. The molecule has 0 radical (unpaired) electrons. The largest absolute Gasteiger partial charge is 0.377 e. The molecule has 0 fully saturated rings. The van der Waals surface area contributed by atoms with E-state index in [-0.39, 0.29) is 12.1 Å². The van der Waals surface area contributed by atoms with Crippen LogP contribution in [-0.4, -0.2) is 22.9 Å². The summed E-state index contributed by atoms with van der Waals surface area (Å²) in [7, 11) is 0. The Bertz CT molecular complexity index is 321.